The summed E-state index contributed by atoms with van der Waals surface area (Å²) in [7, 11) is 4.61. The van der Waals surface area contributed by atoms with Gasteiger partial charge in [-0.1, -0.05) is 89.0 Å². The Hall–Kier alpha value is -2.39. The lowest BCUT2D eigenvalue weighted by Gasteiger charge is -2.17. The Morgan fingerprint density at radius 1 is 0.824 bits per heavy atom. The summed E-state index contributed by atoms with van der Waals surface area (Å²) in [6.45, 7) is 2.24. The Morgan fingerprint density at radius 3 is 1.91 bits per heavy atom. The van der Waals surface area contributed by atoms with Gasteiger partial charge >= 0.3 is 0 Å². The Bertz CT molecular complexity index is 886. The Labute approximate surface area is 206 Å². The van der Waals surface area contributed by atoms with Gasteiger partial charge in [-0.25, -0.2) is 0 Å². The molecule has 1 atom stereocenters. The van der Waals surface area contributed by atoms with E-state index in [1.165, 1.54) is 59.2 Å². The number of methoxy groups -OCH3 is 3. The van der Waals surface area contributed by atoms with Gasteiger partial charge in [-0.15, -0.1) is 0 Å². The van der Waals surface area contributed by atoms with E-state index in [0.717, 1.165) is 24.8 Å². The van der Waals surface area contributed by atoms with Crippen LogP contribution in [0, 0.1) is 0 Å². The summed E-state index contributed by atoms with van der Waals surface area (Å²) in [4.78, 5) is 13.7. The van der Waals surface area contributed by atoms with Crippen LogP contribution in [-0.2, 0) is 4.57 Å². The number of benzene rings is 2. The molecule has 34 heavy (non-hydrogen) atoms. The van der Waals surface area contributed by atoms with Crippen molar-refractivity contribution in [2.24, 2.45) is 0 Å². The third-order valence-electron chi connectivity index (χ3n) is 6.21. The number of hydrogen-bond acceptors (Lipinski definition) is 5. The van der Waals surface area contributed by atoms with Crippen LogP contribution in [0.1, 0.15) is 98.3 Å². The molecule has 6 heteroatoms. The van der Waals surface area contributed by atoms with Crippen LogP contribution in [0.2, 0.25) is 0 Å². The van der Waals surface area contributed by atoms with Crippen LogP contribution in [-0.4, -0.2) is 27.1 Å². The van der Waals surface area contributed by atoms with Crippen molar-refractivity contribution < 1.29 is 23.6 Å². The summed E-state index contributed by atoms with van der Waals surface area (Å²) in [6, 6.07) is 10.8. The zero-order chi connectivity index (χ0) is 24.8. The SMILES string of the molecule is CCCCCCCCCCCC(P=O)c1ccccc1C(=O)c1c(OC)cc(OC)cc1OC. The highest BCUT2D eigenvalue weighted by atomic mass is 31.1. The van der Waals surface area contributed by atoms with Crippen LogP contribution < -0.4 is 14.2 Å². The van der Waals surface area contributed by atoms with Crippen molar-refractivity contribution in [1.29, 1.82) is 0 Å². The predicted molar refractivity (Wildman–Crippen MR) is 138 cm³/mol. The fourth-order valence-electron chi connectivity index (χ4n) is 4.27. The summed E-state index contributed by atoms with van der Waals surface area (Å²) < 4.78 is 28.4. The second kappa shape index (κ2) is 15.5. The minimum Gasteiger partial charge on any atom is -0.496 e. The molecule has 0 saturated carbocycles. The quantitative estimate of drug-likeness (QED) is 0.128. The zero-order valence-corrected chi connectivity index (χ0v) is 22.0. The van der Waals surface area contributed by atoms with Gasteiger partial charge in [0.2, 0.25) is 5.78 Å². The van der Waals surface area contributed by atoms with Gasteiger partial charge < -0.3 is 14.2 Å². The molecule has 0 amide bonds. The molecule has 0 heterocycles. The van der Waals surface area contributed by atoms with Crippen LogP contribution in [0.3, 0.4) is 0 Å². The van der Waals surface area contributed by atoms with Gasteiger partial charge in [0.05, 0.1) is 27.0 Å². The van der Waals surface area contributed by atoms with Crippen LogP contribution in [0.4, 0.5) is 0 Å². The lowest BCUT2D eigenvalue weighted by atomic mass is 9.93. The van der Waals surface area contributed by atoms with E-state index in [1.807, 2.05) is 18.2 Å². The lowest BCUT2D eigenvalue weighted by Crippen LogP contribution is -2.10. The first-order valence-electron chi connectivity index (χ1n) is 12.4. The molecule has 0 bridgehead atoms. The third-order valence-corrected chi connectivity index (χ3v) is 7.01. The van der Waals surface area contributed by atoms with E-state index in [1.54, 1.807) is 25.3 Å². The van der Waals surface area contributed by atoms with Crippen molar-refractivity contribution in [2.45, 2.75) is 76.8 Å². The van der Waals surface area contributed by atoms with E-state index < -0.39 is 0 Å². The summed E-state index contributed by atoms with van der Waals surface area (Å²) >= 11 is 0. The first-order chi connectivity index (χ1) is 16.6. The minimum absolute atomic E-state index is 0.0309. The molecule has 2 aromatic rings. The van der Waals surface area contributed by atoms with E-state index in [0.29, 0.717) is 28.4 Å². The Morgan fingerprint density at radius 2 is 1.38 bits per heavy atom. The molecule has 0 aromatic heterocycles. The largest absolute Gasteiger partial charge is 0.496 e. The minimum atomic E-state index is -0.222. The number of ketones is 1. The van der Waals surface area contributed by atoms with Gasteiger partial charge in [0, 0.05) is 17.7 Å². The van der Waals surface area contributed by atoms with Crippen LogP contribution >= 0.6 is 8.46 Å². The molecular weight excluding hydrogens is 447 g/mol. The van der Waals surface area contributed by atoms with Crippen LogP contribution in [0.5, 0.6) is 17.2 Å². The fourth-order valence-corrected chi connectivity index (χ4v) is 4.90. The topological polar surface area (TPSA) is 61.8 Å². The number of ether oxygens (including phenoxy) is 3. The molecule has 0 radical (unpaired) electrons. The summed E-state index contributed by atoms with van der Waals surface area (Å²) in [5.74, 6) is 1.09. The van der Waals surface area contributed by atoms with Gasteiger partial charge in [-0.05, 0) is 12.0 Å². The number of hydrogen-bond donors (Lipinski definition) is 0. The molecule has 0 N–H and O–H groups in total. The predicted octanol–water partition coefficient (Wildman–Crippen LogP) is 8.20. The van der Waals surface area contributed by atoms with Crippen molar-refractivity contribution in [3.8, 4) is 17.2 Å². The van der Waals surface area contributed by atoms with E-state index in [2.05, 4.69) is 6.92 Å². The average molecular weight is 487 g/mol. The highest BCUT2D eigenvalue weighted by Gasteiger charge is 2.26. The fraction of sp³-hybridized carbons (Fsp3) is 0.536. The zero-order valence-electron chi connectivity index (χ0n) is 21.1. The van der Waals surface area contributed by atoms with Crippen molar-refractivity contribution in [1.82, 2.24) is 0 Å². The summed E-state index contributed by atoms with van der Waals surface area (Å²) in [6.07, 6.45) is 11.9. The highest BCUT2D eigenvalue weighted by Crippen LogP contribution is 2.39. The average Bonchev–Trinajstić information content (AvgIpc) is 2.88. The maximum Gasteiger partial charge on any atom is 0.200 e. The first kappa shape index (κ1) is 27.9. The summed E-state index contributed by atoms with van der Waals surface area (Å²) in [5.41, 5.74) is 1.43. The maximum atomic E-state index is 13.7. The van der Waals surface area contributed by atoms with E-state index in [4.69, 9.17) is 14.2 Å². The van der Waals surface area contributed by atoms with E-state index >= 15 is 0 Å². The summed E-state index contributed by atoms with van der Waals surface area (Å²) in [5, 5.41) is 0. The number of carbonyl (C=O) groups is 1. The maximum absolute atomic E-state index is 13.7. The van der Waals surface area contributed by atoms with Crippen molar-refractivity contribution in [2.75, 3.05) is 21.3 Å². The molecular formula is C28H39O5P. The molecule has 0 aliphatic carbocycles. The number of rotatable bonds is 17. The molecule has 2 aromatic carbocycles. The van der Waals surface area contributed by atoms with Gasteiger partial charge in [-0.2, -0.15) is 0 Å². The van der Waals surface area contributed by atoms with Crippen LogP contribution in [0.15, 0.2) is 36.4 Å². The Balaban J connectivity index is 2.12. The van der Waals surface area contributed by atoms with Gasteiger partial charge in [0.15, 0.2) is 8.46 Å². The van der Waals surface area contributed by atoms with Crippen LogP contribution in [0.25, 0.3) is 0 Å². The molecule has 0 spiro atoms. The highest BCUT2D eigenvalue weighted by molar-refractivity contribution is 7.24. The van der Waals surface area contributed by atoms with Crippen molar-refractivity contribution in [3.05, 3.63) is 53.1 Å². The normalized spacial score (nSPS) is 11.9. The standard InChI is InChI=1S/C28H39O5P/c1-5-6-7-8-9-10-11-12-13-18-26(34-30)22-16-14-15-17-23(22)28(29)27-24(32-3)19-21(31-2)20-25(27)33-4/h14-17,19-20,26H,5-13,18H2,1-4H3. The molecule has 186 valence electrons. The second-order valence-corrected chi connectivity index (χ2v) is 9.40. The molecule has 1 unspecified atom stereocenters. The monoisotopic (exact) mass is 486 g/mol. The molecule has 0 aliphatic heterocycles. The smallest absolute Gasteiger partial charge is 0.200 e. The Kier molecular flexibility index (Phi) is 12.7. The second-order valence-electron chi connectivity index (χ2n) is 8.56. The molecule has 2 rings (SSSR count). The third kappa shape index (κ3) is 7.84. The molecule has 0 saturated heterocycles. The molecule has 5 nitrogen and oxygen atoms in total. The van der Waals surface area contributed by atoms with Gasteiger partial charge in [0.1, 0.15) is 22.8 Å². The van der Waals surface area contributed by atoms with Crippen molar-refractivity contribution >= 4 is 14.2 Å². The number of carbonyl (C=O) groups excluding carboxylic acids is 1. The van der Waals surface area contributed by atoms with E-state index in [9.17, 15) is 9.36 Å². The molecule has 0 aliphatic rings. The van der Waals surface area contributed by atoms with Gasteiger partial charge in [0.25, 0.3) is 0 Å². The lowest BCUT2D eigenvalue weighted by molar-refractivity contribution is 0.103. The molecule has 0 fully saturated rings. The number of unbranched alkanes of at least 4 members (excludes halogenated alkanes) is 8. The van der Waals surface area contributed by atoms with Crippen molar-refractivity contribution in [3.63, 3.8) is 0 Å². The van der Waals surface area contributed by atoms with E-state index in [-0.39, 0.29) is 19.9 Å². The van der Waals surface area contributed by atoms with Gasteiger partial charge in [-0.3, -0.25) is 9.36 Å². The first-order valence-corrected chi connectivity index (χ1v) is 13.2.